The Balaban J connectivity index is 1.39. The van der Waals surface area contributed by atoms with Gasteiger partial charge < -0.3 is 4.52 Å². The second-order valence-corrected chi connectivity index (χ2v) is 6.52. The molecule has 24 heavy (non-hydrogen) atoms. The molecule has 1 aliphatic heterocycles. The van der Waals surface area contributed by atoms with Gasteiger partial charge in [0, 0.05) is 37.6 Å². The minimum absolute atomic E-state index is 0.327. The van der Waals surface area contributed by atoms with Gasteiger partial charge >= 0.3 is 0 Å². The van der Waals surface area contributed by atoms with Crippen LogP contribution in [0.25, 0.3) is 11.4 Å². The summed E-state index contributed by atoms with van der Waals surface area (Å²) in [5.74, 6) is 1.67. The molecule has 1 aromatic carbocycles. The van der Waals surface area contributed by atoms with Crippen LogP contribution in [0.1, 0.15) is 28.5 Å². The van der Waals surface area contributed by atoms with Crippen molar-refractivity contribution in [1.29, 1.82) is 0 Å². The first-order valence-electron chi connectivity index (χ1n) is 8.21. The quantitative estimate of drug-likeness (QED) is 0.738. The number of aromatic nitrogens is 3. The first kappa shape index (κ1) is 15.0. The van der Waals surface area contributed by atoms with Crippen LogP contribution in [0.3, 0.4) is 0 Å². The number of nitrogens with zero attached hydrogens (tertiary/aromatic N) is 4. The smallest absolute Gasteiger partial charge is 0.232 e. The van der Waals surface area contributed by atoms with E-state index < -0.39 is 0 Å². The largest absolute Gasteiger partial charge is 0.339 e. The maximum absolute atomic E-state index is 5.45. The van der Waals surface area contributed by atoms with E-state index in [2.05, 4.69) is 52.1 Å². The third-order valence-corrected chi connectivity index (χ3v) is 4.57. The topological polar surface area (TPSA) is 55.1 Å². The van der Waals surface area contributed by atoms with Gasteiger partial charge in [0.05, 0.1) is 5.92 Å². The normalized spacial score (nSPS) is 15.4. The van der Waals surface area contributed by atoms with Crippen molar-refractivity contribution in [3.8, 4) is 11.4 Å². The average Bonchev–Trinajstić information content (AvgIpc) is 3.04. The predicted octanol–water partition coefficient (Wildman–Crippen LogP) is 3.35. The highest BCUT2D eigenvalue weighted by Crippen LogP contribution is 2.29. The van der Waals surface area contributed by atoms with Crippen LogP contribution in [0.4, 0.5) is 0 Å². The van der Waals surface area contributed by atoms with Crippen molar-refractivity contribution in [3.63, 3.8) is 0 Å². The summed E-state index contributed by atoms with van der Waals surface area (Å²) < 4.78 is 5.45. The number of likely N-dealkylation sites (tertiary alicyclic amines) is 1. The van der Waals surface area contributed by atoms with E-state index >= 15 is 0 Å². The van der Waals surface area contributed by atoms with E-state index in [9.17, 15) is 0 Å². The molecule has 0 saturated carbocycles. The fraction of sp³-hybridized carbons (Fsp3) is 0.316. The lowest BCUT2D eigenvalue weighted by molar-refractivity contribution is 0.117. The standard InChI is InChI=1S/C19H20N4O/c1-13-5-6-14(2)16(8-13)10-23-11-17(12-23)19-21-18(22-24-19)15-4-3-7-20-9-15/h3-9,17H,10-12H2,1-2H3. The molecular formula is C19H20N4O. The summed E-state index contributed by atoms with van der Waals surface area (Å²) in [4.78, 5) is 11.0. The molecule has 5 nitrogen and oxygen atoms in total. The summed E-state index contributed by atoms with van der Waals surface area (Å²) in [5.41, 5.74) is 4.94. The Hall–Kier alpha value is -2.53. The van der Waals surface area contributed by atoms with Gasteiger partial charge in [0.1, 0.15) is 0 Å². The first-order valence-corrected chi connectivity index (χ1v) is 8.21. The van der Waals surface area contributed by atoms with E-state index in [-0.39, 0.29) is 0 Å². The number of benzene rings is 1. The lowest BCUT2D eigenvalue weighted by Crippen LogP contribution is -2.44. The van der Waals surface area contributed by atoms with Gasteiger partial charge in [-0.05, 0) is 37.1 Å². The second kappa shape index (κ2) is 6.17. The molecule has 0 spiro atoms. The SMILES string of the molecule is Cc1ccc(C)c(CN2CC(c3nc(-c4cccnc4)no3)C2)c1. The van der Waals surface area contributed by atoms with Crippen molar-refractivity contribution in [2.24, 2.45) is 0 Å². The van der Waals surface area contributed by atoms with E-state index in [1.54, 1.807) is 12.4 Å². The minimum atomic E-state index is 0.327. The molecule has 3 aromatic rings. The summed E-state index contributed by atoms with van der Waals surface area (Å²) >= 11 is 0. The van der Waals surface area contributed by atoms with Crippen LogP contribution in [-0.2, 0) is 6.54 Å². The van der Waals surface area contributed by atoms with Crippen LogP contribution in [-0.4, -0.2) is 33.1 Å². The lowest BCUT2D eigenvalue weighted by atomic mass is 9.97. The maximum Gasteiger partial charge on any atom is 0.232 e. The van der Waals surface area contributed by atoms with E-state index in [4.69, 9.17) is 4.52 Å². The molecule has 3 heterocycles. The van der Waals surface area contributed by atoms with E-state index in [0.29, 0.717) is 11.7 Å². The van der Waals surface area contributed by atoms with Crippen LogP contribution in [0.2, 0.25) is 0 Å². The van der Waals surface area contributed by atoms with Crippen molar-refractivity contribution in [2.45, 2.75) is 26.3 Å². The molecule has 5 heteroatoms. The molecule has 0 N–H and O–H groups in total. The maximum atomic E-state index is 5.45. The zero-order chi connectivity index (χ0) is 16.5. The molecule has 0 bridgehead atoms. The van der Waals surface area contributed by atoms with Gasteiger partial charge in [0.25, 0.3) is 0 Å². The molecule has 0 aliphatic carbocycles. The summed E-state index contributed by atoms with van der Waals surface area (Å²) in [6.07, 6.45) is 3.49. The van der Waals surface area contributed by atoms with Gasteiger partial charge in [-0.25, -0.2) is 0 Å². The monoisotopic (exact) mass is 320 g/mol. The van der Waals surface area contributed by atoms with Gasteiger partial charge in [-0.2, -0.15) is 4.98 Å². The Morgan fingerprint density at radius 2 is 2.08 bits per heavy atom. The fourth-order valence-electron chi connectivity index (χ4n) is 3.08. The highest BCUT2D eigenvalue weighted by Gasteiger charge is 2.32. The van der Waals surface area contributed by atoms with Crippen molar-refractivity contribution in [1.82, 2.24) is 20.0 Å². The van der Waals surface area contributed by atoms with Crippen LogP contribution >= 0.6 is 0 Å². The van der Waals surface area contributed by atoms with Crippen molar-refractivity contribution in [3.05, 3.63) is 65.3 Å². The molecule has 2 aromatic heterocycles. The van der Waals surface area contributed by atoms with Gasteiger partial charge in [-0.15, -0.1) is 0 Å². The molecular weight excluding hydrogens is 300 g/mol. The van der Waals surface area contributed by atoms with E-state index in [1.165, 1.54) is 16.7 Å². The first-order chi connectivity index (χ1) is 11.7. The van der Waals surface area contributed by atoms with Crippen molar-refractivity contribution >= 4 is 0 Å². The minimum Gasteiger partial charge on any atom is -0.339 e. The van der Waals surface area contributed by atoms with Gasteiger partial charge in [0.2, 0.25) is 11.7 Å². The zero-order valence-corrected chi connectivity index (χ0v) is 13.9. The van der Waals surface area contributed by atoms with Crippen molar-refractivity contribution in [2.75, 3.05) is 13.1 Å². The van der Waals surface area contributed by atoms with Crippen LogP contribution in [0.5, 0.6) is 0 Å². The molecule has 1 saturated heterocycles. The summed E-state index contributed by atoms with van der Waals surface area (Å²) in [6.45, 7) is 7.21. The Labute approximate surface area is 141 Å². The molecule has 0 radical (unpaired) electrons. The number of pyridine rings is 1. The molecule has 0 amide bonds. The Bertz CT molecular complexity index is 838. The highest BCUT2D eigenvalue weighted by molar-refractivity contribution is 5.52. The number of rotatable bonds is 4. The fourth-order valence-corrected chi connectivity index (χ4v) is 3.08. The third kappa shape index (κ3) is 2.95. The Morgan fingerprint density at radius 3 is 2.88 bits per heavy atom. The van der Waals surface area contributed by atoms with E-state index in [0.717, 1.165) is 31.1 Å². The van der Waals surface area contributed by atoms with Crippen LogP contribution in [0.15, 0.2) is 47.2 Å². The van der Waals surface area contributed by atoms with Crippen molar-refractivity contribution < 1.29 is 4.52 Å². The van der Waals surface area contributed by atoms with Crippen LogP contribution < -0.4 is 0 Å². The zero-order valence-electron chi connectivity index (χ0n) is 13.9. The van der Waals surface area contributed by atoms with Gasteiger partial charge in [-0.3, -0.25) is 9.88 Å². The van der Waals surface area contributed by atoms with Gasteiger partial charge in [0.15, 0.2) is 0 Å². The molecule has 0 unspecified atom stereocenters. The van der Waals surface area contributed by atoms with Crippen LogP contribution in [0, 0.1) is 13.8 Å². The molecule has 0 atom stereocenters. The average molecular weight is 320 g/mol. The number of aryl methyl sites for hydroxylation is 2. The summed E-state index contributed by atoms with van der Waals surface area (Å²) in [5, 5.41) is 4.08. The molecule has 1 aliphatic rings. The number of hydrogen-bond donors (Lipinski definition) is 0. The Kier molecular flexibility index (Phi) is 3.86. The molecule has 1 fully saturated rings. The second-order valence-electron chi connectivity index (χ2n) is 6.52. The number of hydrogen-bond acceptors (Lipinski definition) is 5. The highest BCUT2D eigenvalue weighted by atomic mass is 16.5. The molecule has 4 rings (SSSR count). The molecule has 122 valence electrons. The Morgan fingerprint density at radius 1 is 1.21 bits per heavy atom. The summed E-state index contributed by atoms with van der Waals surface area (Å²) in [6, 6.07) is 10.4. The van der Waals surface area contributed by atoms with E-state index in [1.807, 2.05) is 12.1 Å². The third-order valence-electron chi connectivity index (χ3n) is 4.57. The predicted molar refractivity (Wildman–Crippen MR) is 91.5 cm³/mol. The summed E-state index contributed by atoms with van der Waals surface area (Å²) in [7, 11) is 0. The lowest BCUT2D eigenvalue weighted by Gasteiger charge is -2.37. The van der Waals surface area contributed by atoms with Gasteiger partial charge in [-0.1, -0.05) is 28.9 Å².